The number of likely N-dealkylation sites (tertiary alicyclic amines) is 1. The Bertz CT molecular complexity index is 620. The summed E-state index contributed by atoms with van der Waals surface area (Å²) >= 11 is 0. The van der Waals surface area contributed by atoms with Gasteiger partial charge in [-0.15, -0.1) is 0 Å². The first kappa shape index (κ1) is 21.1. The number of nitrogens with one attached hydrogen (secondary N) is 1. The summed E-state index contributed by atoms with van der Waals surface area (Å²) in [5.74, 6) is 1.61. The average molecular weight is 390 g/mol. The molecule has 2 aliphatic rings. The van der Waals surface area contributed by atoms with Gasteiger partial charge in [0.05, 0.1) is 26.4 Å². The SMILES string of the molecule is COc1ccc(C2CCCN2CC(=O)NCC2CN(CC(C)C)CCO2)cc1. The van der Waals surface area contributed by atoms with Gasteiger partial charge in [-0.1, -0.05) is 26.0 Å². The first-order valence-corrected chi connectivity index (χ1v) is 10.5. The zero-order chi connectivity index (χ0) is 19.9. The minimum atomic E-state index is 0.0880. The lowest BCUT2D eigenvalue weighted by Crippen LogP contribution is -2.49. The van der Waals surface area contributed by atoms with Gasteiger partial charge in [0.15, 0.2) is 0 Å². The third kappa shape index (κ3) is 5.93. The number of nitrogens with zero attached hydrogens (tertiary/aromatic N) is 2. The molecule has 0 saturated carbocycles. The van der Waals surface area contributed by atoms with Gasteiger partial charge in [-0.05, 0) is 43.0 Å². The van der Waals surface area contributed by atoms with Crippen molar-refractivity contribution in [1.82, 2.24) is 15.1 Å². The molecule has 0 bridgehead atoms. The highest BCUT2D eigenvalue weighted by Crippen LogP contribution is 2.32. The fraction of sp³-hybridized carbons (Fsp3) is 0.682. The number of methoxy groups -OCH3 is 1. The number of morpholine rings is 1. The molecule has 2 atom stereocenters. The normalized spacial score (nSPS) is 23.9. The Hall–Kier alpha value is -1.63. The van der Waals surface area contributed by atoms with Crippen molar-refractivity contribution in [3.05, 3.63) is 29.8 Å². The van der Waals surface area contributed by atoms with E-state index in [1.54, 1.807) is 7.11 Å². The minimum absolute atomic E-state index is 0.0880. The van der Waals surface area contributed by atoms with E-state index in [2.05, 4.69) is 41.1 Å². The fourth-order valence-corrected chi connectivity index (χ4v) is 4.27. The number of carbonyl (C=O) groups excluding carboxylic acids is 1. The summed E-state index contributed by atoms with van der Waals surface area (Å²) in [5.41, 5.74) is 1.26. The summed E-state index contributed by atoms with van der Waals surface area (Å²) < 4.78 is 11.1. The zero-order valence-corrected chi connectivity index (χ0v) is 17.5. The molecule has 1 N–H and O–H groups in total. The minimum Gasteiger partial charge on any atom is -0.497 e. The van der Waals surface area contributed by atoms with Gasteiger partial charge >= 0.3 is 0 Å². The van der Waals surface area contributed by atoms with Gasteiger partial charge in [-0.25, -0.2) is 0 Å². The number of hydrogen-bond donors (Lipinski definition) is 1. The molecule has 2 fully saturated rings. The lowest BCUT2D eigenvalue weighted by atomic mass is 10.0. The monoisotopic (exact) mass is 389 g/mol. The van der Waals surface area contributed by atoms with Gasteiger partial charge in [0.2, 0.25) is 5.91 Å². The van der Waals surface area contributed by atoms with E-state index in [0.29, 0.717) is 25.0 Å². The molecule has 2 heterocycles. The Morgan fingerprint density at radius 3 is 2.79 bits per heavy atom. The molecule has 0 radical (unpaired) electrons. The predicted octanol–water partition coefficient (Wildman–Crippen LogP) is 2.31. The van der Waals surface area contributed by atoms with Gasteiger partial charge in [0.25, 0.3) is 0 Å². The third-order valence-electron chi connectivity index (χ3n) is 5.58. The molecule has 1 aromatic rings. The second-order valence-electron chi connectivity index (χ2n) is 8.35. The molecule has 3 rings (SSSR count). The van der Waals surface area contributed by atoms with E-state index in [4.69, 9.17) is 9.47 Å². The van der Waals surface area contributed by atoms with Crippen molar-refractivity contribution in [2.24, 2.45) is 5.92 Å². The second-order valence-corrected chi connectivity index (χ2v) is 8.35. The van der Waals surface area contributed by atoms with Crippen molar-refractivity contribution in [3.8, 4) is 5.75 Å². The second kappa shape index (κ2) is 10.2. The molecule has 1 amide bonds. The van der Waals surface area contributed by atoms with Crippen molar-refractivity contribution < 1.29 is 14.3 Å². The van der Waals surface area contributed by atoms with Crippen LogP contribution in [0.1, 0.15) is 38.3 Å². The van der Waals surface area contributed by atoms with Crippen LogP contribution in [-0.4, -0.2) is 74.8 Å². The van der Waals surface area contributed by atoms with E-state index in [1.807, 2.05) is 12.1 Å². The Balaban J connectivity index is 1.45. The molecule has 156 valence electrons. The Morgan fingerprint density at radius 2 is 2.07 bits per heavy atom. The van der Waals surface area contributed by atoms with Crippen LogP contribution in [0.5, 0.6) is 5.75 Å². The van der Waals surface area contributed by atoms with Gasteiger partial charge in [0.1, 0.15) is 5.75 Å². The van der Waals surface area contributed by atoms with E-state index in [9.17, 15) is 4.79 Å². The molecule has 6 heteroatoms. The Kier molecular flexibility index (Phi) is 7.71. The van der Waals surface area contributed by atoms with E-state index >= 15 is 0 Å². The van der Waals surface area contributed by atoms with E-state index < -0.39 is 0 Å². The molecule has 2 saturated heterocycles. The molecule has 0 aliphatic carbocycles. The number of amides is 1. The summed E-state index contributed by atoms with van der Waals surface area (Å²) in [4.78, 5) is 17.3. The molecule has 2 aliphatic heterocycles. The first-order valence-electron chi connectivity index (χ1n) is 10.5. The highest BCUT2D eigenvalue weighted by molar-refractivity contribution is 5.78. The third-order valence-corrected chi connectivity index (χ3v) is 5.58. The molecular formula is C22H35N3O3. The van der Waals surface area contributed by atoms with Crippen LogP contribution in [0.2, 0.25) is 0 Å². The van der Waals surface area contributed by atoms with Crippen LogP contribution in [0.25, 0.3) is 0 Å². The van der Waals surface area contributed by atoms with Crippen molar-refractivity contribution in [3.63, 3.8) is 0 Å². The van der Waals surface area contributed by atoms with Gasteiger partial charge < -0.3 is 14.8 Å². The van der Waals surface area contributed by atoms with Crippen LogP contribution >= 0.6 is 0 Å². The van der Waals surface area contributed by atoms with Crippen LogP contribution in [-0.2, 0) is 9.53 Å². The standard InChI is InChI=1S/C22H35N3O3/c1-17(2)14-24-11-12-28-20(15-24)13-23-22(26)16-25-10-4-5-21(25)18-6-8-19(27-3)9-7-18/h6-9,17,20-21H,4-5,10-16H2,1-3H3,(H,23,26). The molecule has 0 aromatic heterocycles. The molecule has 1 aromatic carbocycles. The maximum atomic E-state index is 12.5. The van der Waals surface area contributed by atoms with Crippen molar-refractivity contribution in [2.75, 3.05) is 53.0 Å². The maximum absolute atomic E-state index is 12.5. The van der Waals surface area contributed by atoms with Gasteiger partial charge in [-0.3, -0.25) is 14.6 Å². The number of carbonyl (C=O) groups is 1. The Morgan fingerprint density at radius 1 is 1.29 bits per heavy atom. The van der Waals surface area contributed by atoms with Crippen molar-refractivity contribution in [1.29, 1.82) is 0 Å². The highest BCUT2D eigenvalue weighted by Gasteiger charge is 2.28. The molecule has 2 unspecified atom stereocenters. The smallest absolute Gasteiger partial charge is 0.234 e. The maximum Gasteiger partial charge on any atom is 0.234 e. The molecular weight excluding hydrogens is 354 g/mol. The highest BCUT2D eigenvalue weighted by atomic mass is 16.5. The molecule has 28 heavy (non-hydrogen) atoms. The quantitative estimate of drug-likeness (QED) is 0.739. The number of hydrogen-bond acceptors (Lipinski definition) is 5. The number of ether oxygens (including phenoxy) is 2. The Labute approximate surface area is 169 Å². The van der Waals surface area contributed by atoms with Crippen LogP contribution in [0.3, 0.4) is 0 Å². The fourth-order valence-electron chi connectivity index (χ4n) is 4.27. The van der Waals surface area contributed by atoms with Crippen molar-refractivity contribution in [2.45, 2.75) is 38.8 Å². The lowest BCUT2D eigenvalue weighted by Gasteiger charge is -2.34. The number of rotatable bonds is 8. The van der Waals surface area contributed by atoms with Crippen LogP contribution in [0, 0.1) is 5.92 Å². The summed E-state index contributed by atoms with van der Waals surface area (Å²) in [6.45, 7) is 10.2. The summed E-state index contributed by atoms with van der Waals surface area (Å²) in [6, 6.07) is 8.52. The van der Waals surface area contributed by atoms with Gasteiger partial charge in [0, 0.05) is 32.2 Å². The predicted molar refractivity (Wildman–Crippen MR) is 111 cm³/mol. The van der Waals surface area contributed by atoms with Crippen LogP contribution in [0.4, 0.5) is 0 Å². The van der Waals surface area contributed by atoms with Crippen molar-refractivity contribution >= 4 is 5.91 Å². The first-order chi connectivity index (χ1) is 13.5. The largest absolute Gasteiger partial charge is 0.497 e. The molecule has 6 nitrogen and oxygen atoms in total. The number of benzene rings is 1. The van der Waals surface area contributed by atoms with E-state index in [1.165, 1.54) is 5.56 Å². The average Bonchev–Trinajstić information content (AvgIpc) is 3.14. The van der Waals surface area contributed by atoms with E-state index in [0.717, 1.165) is 51.4 Å². The summed E-state index contributed by atoms with van der Waals surface area (Å²) in [7, 11) is 1.68. The van der Waals surface area contributed by atoms with Crippen LogP contribution in [0.15, 0.2) is 24.3 Å². The van der Waals surface area contributed by atoms with Crippen LogP contribution < -0.4 is 10.1 Å². The topological polar surface area (TPSA) is 54.0 Å². The van der Waals surface area contributed by atoms with Gasteiger partial charge in [-0.2, -0.15) is 0 Å². The zero-order valence-electron chi connectivity index (χ0n) is 17.5. The summed E-state index contributed by atoms with van der Waals surface area (Å²) in [6.07, 6.45) is 2.31. The molecule has 0 spiro atoms. The lowest BCUT2D eigenvalue weighted by molar-refractivity contribution is -0.123. The summed E-state index contributed by atoms with van der Waals surface area (Å²) in [5, 5.41) is 3.09. The van der Waals surface area contributed by atoms with E-state index in [-0.39, 0.29) is 12.0 Å².